The molecule has 4 aromatic heterocycles. The third kappa shape index (κ3) is 3.65. The predicted octanol–water partition coefficient (Wildman–Crippen LogP) is 4.45. The fraction of sp³-hybridized carbons (Fsp3) is 0.200. The Labute approximate surface area is 193 Å². The van der Waals surface area contributed by atoms with Gasteiger partial charge in [0.15, 0.2) is 5.11 Å². The first-order chi connectivity index (χ1) is 15.6. The highest BCUT2D eigenvalue weighted by Crippen LogP contribution is 2.42. The van der Waals surface area contributed by atoms with Crippen LogP contribution < -0.4 is 5.32 Å². The quantitative estimate of drug-likeness (QED) is 0.463. The van der Waals surface area contributed by atoms with Crippen LogP contribution >= 0.6 is 12.2 Å². The van der Waals surface area contributed by atoms with Crippen LogP contribution in [0.2, 0.25) is 0 Å². The summed E-state index contributed by atoms with van der Waals surface area (Å²) in [5, 5.41) is 4.27. The summed E-state index contributed by atoms with van der Waals surface area (Å²) in [5.74, 6) is 0. The van der Waals surface area contributed by atoms with Crippen LogP contribution in [0.5, 0.6) is 0 Å². The van der Waals surface area contributed by atoms with E-state index in [0.29, 0.717) is 6.54 Å². The van der Waals surface area contributed by atoms with E-state index in [9.17, 15) is 0 Å². The van der Waals surface area contributed by atoms with Gasteiger partial charge in [0.2, 0.25) is 0 Å². The number of nitrogens with zero attached hydrogens (tertiary/aromatic N) is 5. The van der Waals surface area contributed by atoms with Crippen molar-refractivity contribution in [3.63, 3.8) is 0 Å². The first-order valence-electron chi connectivity index (χ1n) is 10.6. The Hall–Kier alpha value is -3.58. The summed E-state index contributed by atoms with van der Waals surface area (Å²) in [7, 11) is 0. The summed E-state index contributed by atoms with van der Waals surface area (Å²) in [4.78, 5) is 15.4. The second-order valence-corrected chi connectivity index (χ2v) is 8.37. The second kappa shape index (κ2) is 8.51. The summed E-state index contributed by atoms with van der Waals surface area (Å²) in [5.41, 5.74) is 6.75. The zero-order chi connectivity index (χ0) is 22.1. The molecule has 5 rings (SSSR count). The van der Waals surface area contributed by atoms with Crippen LogP contribution in [0.1, 0.15) is 40.3 Å². The zero-order valence-electron chi connectivity index (χ0n) is 18.0. The topological polar surface area (TPSA) is 58.9 Å². The van der Waals surface area contributed by atoms with E-state index in [2.05, 4.69) is 61.8 Å². The van der Waals surface area contributed by atoms with Gasteiger partial charge in [-0.15, -0.1) is 0 Å². The minimum absolute atomic E-state index is 0.00202. The molecule has 0 bridgehead atoms. The Balaban J connectivity index is 1.62. The molecule has 160 valence electrons. The minimum atomic E-state index is -0.0478. The zero-order valence-corrected chi connectivity index (χ0v) is 18.8. The molecule has 0 radical (unpaired) electrons. The van der Waals surface area contributed by atoms with Gasteiger partial charge in [0.05, 0.1) is 29.7 Å². The van der Waals surface area contributed by atoms with Gasteiger partial charge in [0, 0.05) is 42.7 Å². The van der Waals surface area contributed by atoms with E-state index in [-0.39, 0.29) is 12.1 Å². The van der Waals surface area contributed by atoms with Gasteiger partial charge in [-0.2, -0.15) is 0 Å². The minimum Gasteiger partial charge on any atom is -0.352 e. The van der Waals surface area contributed by atoms with Gasteiger partial charge in [0.25, 0.3) is 0 Å². The van der Waals surface area contributed by atoms with Crippen LogP contribution in [0.15, 0.2) is 79.5 Å². The van der Waals surface area contributed by atoms with Gasteiger partial charge in [-0.25, -0.2) is 0 Å². The molecule has 0 saturated carbocycles. The molecule has 1 aliphatic heterocycles. The van der Waals surface area contributed by atoms with Crippen LogP contribution in [0.4, 0.5) is 0 Å². The summed E-state index contributed by atoms with van der Waals surface area (Å²) in [6, 6.07) is 16.4. The molecular weight excluding hydrogens is 416 g/mol. The summed E-state index contributed by atoms with van der Waals surface area (Å²) in [6.45, 7) is 4.99. The van der Waals surface area contributed by atoms with Gasteiger partial charge >= 0.3 is 0 Å². The van der Waals surface area contributed by atoms with Crippen LogP contribution in [-0.4, -0.2) is 29.5 Å². The van der Waals surface area contributed by atoms with Gasteiger partial charge in [-0.05, 0) is 79.7 Å². The Morgan fingerprint density at radius 3 is 2.53 bits per heavy atom. The molecule has 6 nitrogen and oxygen atoms in total. The Morgan fingerprint density at radius 1 is 0.969 bits per heavy atom. The van der Waals surface area contributed by atoms with E-state index in [1.54, 1.807) is 6.20 Å². The number of aryl methyl sites for hydroxylation is 1. The second-order valence-electron chi connectivity index (χ2n) is 7.98. The van der Waals surface area contributed by atoms with Crippen LogP contribution in [-0.2, 0) is 6.54 Å². The molecule has 1 N–H and O–H groups in total. The smallest absolute Gasteiger partial charge is 0.170 e. The SMILES string of the molecule is Cc1cc(C2C(c3ccccn3)NC(=S)N2Cc2ccncc2)c(C)n1-c1cccnc1. The molecular formula is C25H24N6S. The number of rotatable bonds is 5. The van der Waals surface area contributed by atoms with Gasteiger partial charge in [-0.3, -0.25) is 15.0 Å². The lowest BCUT2D eigenvalue weighted by Crippen LogP contribution is -2.29. The van der Waals surface area contributed by atoms with Crippen molar-refractivity contribution in [2.24, 2.45) is 0 Å². The molecule has 4 aromatic rings. The third-order valence-corrected chi connectivity index (χ3v) is 6.35. The first-order valence-corrected chi connectivity index (χ1v) is 11.0. The molecule has 0 aromatic carbocycles. The molecule has 2 unspecified atom stereocenters. The van der Waals surface area contributed by atoms with Crippen LogP contribution in [0.3, 0.4) is 0 Å². The lowest BCUT2D eigenvalue weighted by molar-refractivity contribution is 0.310. The maximum Gasteiger partial charge on any atom is 0.170 e. The number of hydrogen-bond acceptors (Lipinski definition) is 4. The van der Waals surface area contributed by atoms with E-state index in [0.717, 1.165) is 27.8 Å². The monoisotopic (exact) mass is 440 g/mol. The maximum absolute atomic E-state index is 5.82. The summed E-state index contributed by atoms with van der Waals surface area (Å²) < 4.78 is 2.25. The van der Waals surface area contributed by atoms with E-state index in [4.69, 9.17) is 12.2 Å². The average Bonchev–Trinajstić information content (AvgIpc) is 3.30. The molecule has 0 spiro atoms. The number of aromatic nitrogens is 4. The molecule has 0 amide bonds. The predicted molar refractivity (Wildman–Crippen MR) is 128 cm³/mol. The summed E-state index contributed by atoms with van der Waals surface area (Å²) in [6.07, 6.45) is 9.17. The average molecular weight is 441 g/mol. The van der Waals surface area contributed by atoms with Crippen molar-refractivity contribution in [2.45, 2.75) is 32.5 Å². The highest BCUT2D eigenvalue weighted by molar-refractivity contribution is 7.80. The molecule has 32 heavy (non-hydrogen) atoms. The number of nitrogens with one attached hydrogen (secondary N) is 1. The van der Waals surface area contributed by atoms with Gasteiger partial charge in [0.1, 0.15) is 0 Å². The van der Waals surface area contributed by atoms with Gasteiger partial charge < -0.3 is 14.8 Å². The first kappa shape index (κ1) is 20.3. The normalized spacial score (nSPS) is 18.1. The van der Waals surface area contributed by atoms with Crippen LogP contribution in [0.25, 0.3) is 5.69 Å². The summed E-state index contributed by atoms with van der Waals surface area (Å²) >= 11 is 5.82. The van der Waals surface area contributed by atoms with E-state index in [1.807, 2.05) is 55.1 Å². The highest BCUT2D eigenvalue weighted by Gasteiger charge is 2.41. The van der Waals surface area contributed by atoms with Crippen LogP contribution in [0, 0.1) is 13.8 Å². The maximum atomic E-state index is 5.82. The lowest BCUT2D eigenvalue weighted by Gasteiger charge is -2.28. The molecule has 7 heteroatoms. The molecule has 1 fully saturated rings. The molecule has 2 atom stereocenters. The van der Waals surface area contributed by atoms with Crippen molar-refractivity contribution < 1.29 is 0 Å². The van der Waals surface area contributed by atoms with E-state index >= 15 is 0 Å². The highest BCUT2D eigenvalue weighted by atomic mass is 32.1. The Kier molecular flexibility index (Phi) is 5.41. The molecule has 1 aliphatic rings. The third-order valence-electron chi connectivity index (χ3n) is 5.99. The van der Waals surface area contributed by atoms with Crippen molar-refractivity contribution in [1.82, 2.24) is 29.7 Å². The standard InChI is InChI=1S/C25H24N6S/c1-17-14-21(18(2)31(17)20-6-5-10-27-15-20)24-23(22-7-3-4-11-28-22)29-25(32)30(24)16-19-8-12-26-13-9-19/h3-15,23-24H,16H2,1-2H3,(H,29,32). The fourth-order valence-corrected chi connectivity index (χ4v) is 4.87. The lowest BCUT2D eigenvalue weighted by atomic mass is 9.96. The number of thiocarbonyl (C=S) groups is 1. The van der Waals surface area contributed by atoms with Crippen molar-refractivity contribution in [2.75, 3.05) is 0 Å². The van der Waals surface area contributed by atoms with E-state index < -0.39 is 0 Å². The Morgan fingerprint density at radius 2 is 1.81 bits per heavy atom. The van der Waals surface area contributed by atoms with Crippen molar-refractivity contribution in [3.05, 3.63) is 108 Å². The van der Waals surface area contributed by atoms with Crippen molar-refractivity contribution >= 4 is 17.3 Å². The number of hydrogen-bond donors (Lipinski definition) is 1. The number of pyridine rings is 3. The van der Waals surface area contributed by atoms with Crippen molar-refractivity contribution in [1.29, 1.82) is 0 Å². The molecule has 5 heterocycles. The Bertz CT molecular complexity index is 1220. The van der Waals surface area contributed by atoms with E-state index in [1.165, 1.54) is 11.3 Å². The fourth-order valence-electron chi connectivity index (χ4n) is 4.57. The molecule has 0 aliphatic carbocycles. The van der Waals surface area contributed by atoms with Gasteiger partial charge in [-0.1, -0.05) is 6.07 Å². The largest absolute Gasteiger partial charge is 0.352 e. The molecule has 1 saturated heterocycles. The van der Waals surface area contributed by atoms with Crippen molar-refractivity contribution in [3.8, 4) is 5.69 Å².